The minimum absolute atomic E-state index is 0.123. The van der Waals surface area contributed by atoms with Crippen LogP contribution >= 0.6 is 0 Å². The number of hydrogen-bond donors (Lipinski definition) is 0. The molecular weight excluding hydrogens is 199 g/mol. The van der Waals surface area contributed by atoms with Gasteiger partial charge in [-0.25, -0.2) is 4.39 Å². The summed E-state index contributed by atoms with van der Waals surface area (Å²) in [5.74, 6) is -0.227. The highest BCUT2D eigenvalue weighted by Gasteiger charge is 2.18. The van der Waals surface area contributed by atoms with Gasteiger partial charge in [-0.2, -0.15) is 0 Å². The van der Waals surface area contributed by atoms with Gasteiger partial charge >= 0.3 is 0 Å². The molecule has 0 atom stereocenters. The van der Waals surface area contributed by atoms with Crippen LogP contribution in [0.5, 0.6) is 5.75 Å². The predicted octanol–water partition coefficient (Wildman–Crippen LogP) is 2.78. The molecule has 0 N–H and O–H groups in total. The zero-order valence-electron chi connectivity index (χ0n) is 8.33. The summed E-state index contributed by atoms with van der Waals surface area (Å²) in [5.41, 5.74) is 0.443. The van der Waals surface area contributed by atoms with E-state index in [1.54, 1.807) is 0 Å². The molecule has 0 radical (unpaired) electrons. The Morgan fingerprint density at radius 1 is 1.47 bits per heavy atom. The first kappa shape index (κ1) is 9.71. The number of Topliss-reactive ketones (excluding diaryl/α,β-unsaturated/α-hetero) is 1. The molecule has 1 heterocycles. The number of furan rings is 1. The SMILES string of the molecule is COc1c(C(C)=O)oc2ccc(F)cc12. The van der Waals surface area contributed by atoms with Crippen LogP contribution in [0.3, 0.4) is 0 Å². The summed E-state index contributed by atoms with van der Waals surface area (Å²) in [7, 11) is 1.42. The summed E-state index contributed by atoms with van der Waals surface area (Å²) >= 11 is 0. The van der Waals surface area contributed by atoms with Gasteiger partial charge in [0.2, 0.25) is 5.76 Å². The van der Waals surface area contributed by atoms with Crippen molar-refractivity contribution >= 4 is 16.8 Å². The zero-order valence-corrected chi connectivity index (χ0v) is 8.33. The number of carbonyl (C=O) groups is 1. The first-order valence-corrected chi connectivity index (χ1v) is 4.40. The lowest BCUT2D eigenvalue weighted by Crippen LogP contribution is -1.93. The van der Waals surface area contributed by atoms with Gasteiger partial charge in [0.15, 0.2) is 11.5 Å². The van der Waals surface area contributed by atoms with Crippen molar-refractivity contribution < 1.29 is 18.3 Å². The van der Waals surface area contributed by atoms with Crippen LogP contribution in [0.4, 0.5) is 4.39 Å². The Balaban J connectivity index is 2.79. The van der Waals surface area contributed by atoms with Crippen LogP contribution in [0.15, 0.2) is 22.6 Å². The molecule has 0 aliphatic carbocycles. The summed E-state index contributed by atoms with van der Waals surface area (Å²) in [5, 5.41) is 0.475. The third-order valence-corrected chi connectivity index (χ3v) is 2.13. The van der Waals surface area contributed by atoms with Gasteiger partial charge in [0, 0.05) is 6.92 Å². The van der Waals surface area contributed by atoms with Gasteiger partial charge < -0.3 is 9.15 Å². The summed E-state index contributed by atoms with van der Waals surface area (Å²) in [4.78, 5) is 11.2. The average Bonchev–Trinajstić information content (AvgIpc) is 2.55. The summed E-state index contributed by atoms with van der Waals surface area (Å²) in [6.07, 6.45) is 0. The zero-order chi connectivity index (χ0) is 11.0. The molecule has 15 heavy (non-hydrogen) atoms. The lowest BCUT2D eigenvalue weighted by Gasteiger charge is -1.96. The van der Waals surface area contributed by atoms with Crippen LogP contribution in [-0.2, 0) is 0 Å². The molecule has 78 valence electrons. The van der Waals surface area contributed by atoms with E-state index in [2.05, 4.69) is 0 Å². The first-order valence-electron chi connectivity index (χ1n) is 4.40. The third-order valence-electron chi connectivity index (χ3n) is 2.13. The van der Waals surface area contributed by atoms with Crippen LogP contribution in [0.25, 0.3) is 11.0 Å². The van der Waals surface area contributed by atoms with E-state index in [0.717, 1.165) is 0 Å². The minimum atomic E-state index is -0.392. The van der Waals surface area contributed by atoms with Crippen molar-refractivity contribution in [2.45, 2.75) is 6.92 Å². The number of fused-ring (bicyclic) bond motifs is 1. The van der Waals surface area contributed by atoms with Crippen molar-refractivity contribution in [3.05, 3.63) is 29.8 Å². The van der Waals surface area contributed by atoms with Gasteiger partial charge in [0.25, 0.3) is 0 Å². The first-order chi connectivity index (χ1) is 7.13. The molecule has 0 aliphatic rings. The lowest BCUT2D eigenvalue weighted by molar-refractivity contribution is 0.0985. The maximum Gasteiger partial charge on any atom is 0.212 e. The van der Waals surface area contributed by atoms with Crippen LogP contribution in [0, 0.1) is 5.82 Å². The number of rotatable bonds is 2. The molecule has 0 saturated carbocycles. The fourth-order valence-corrected chi connectivity index (χ4v) is 1.48. The number of hydrogen-bond acceptors (Lipinski definition) is 3. The monoisotopic (exact) mass is 208 g/mol. The molecule has 1 aromatic heterocycles. The third kappa shape index (κ3) is 1.48. The summed E-state index contributed by atoms with van der Waals surface area (Å²) < 4.78 is 23.3. The normalized spacial score (nSPS) is 10.6. The van der Waals surface area contributed by atoms with Gasteiger partial charge in [-0.1, -0.05) is 0 Å². The number of carbonyl (C=O) groups excluding carboxylic acids is 1. The smallest absolute Gasteiger partial charge is 0.212 e. The highest BCUT2D eigenvalue weighted by Crippen LogP contribution is 2.33. The molecular formula is C11H9FO3. The van der Waals surface area contributed by atoms with Crippen molar-refractivity contribution in [1.82, 2.24) is 0 Å². The highest BCUT2D eigenvalue weighted by molar-refractivity contribution is 6.01. The Labute approximate surface area is 85.4 Å². The largest absolute Gasteiger partial charge is 0.492 e. The van der Waals surface area contributed by atoms with Crippen LogP contribution in [-0.4, -0.2) is 12.9 Å². The van der Waals surface area contributed by atoms with E-state index >= 15 is 0 Å². The second kappa shape index (κ2) is 3.38. The molecule has 0 unspecified atom stereocenters. The van der Waals surface area contributed by atoms with E-state index in [-0.39, 0.29) is 17.3 Å². The molecule has 3 nitrogen and oxygen atoms in total. The number of ketones is 1. The Morgan fingerprint density at radius 2 is 2.20 bits per heavy atom. The van der Waals surface area contributed by atoms with E-state index < -0.39 is 5.82 Å². The van der Waals surface area contributed by atoms with Crippen molar-refractivity contribution in [1.29, 1.82) is 0 Å². The number of benzene rings is 1. The molecule has 0 aliphatic heterocycles. The molecule has 1 aromatic carbocycles. The van der Waals surface area contributed by atoms with E-state index in [9.17, 15) is 9.18 Å². The Kier molecular flexibility index (Phi) is 2.19. The van der Waals surface area contributed by atoms with Gasteiger partial charge in [-0.3, -0.25) is 4.79 Å². The fraction of sp³-hybridized carbons (Fsp3) is 0.182. The van der Waals surface area contributed by atoms with E-state index in [1.165, 1.54) is 32.2 Å². The van der Waals surface area contributed by atoms with Crippen molar-refractivity contribution in [3.63, 3.8) is 0 Å². The molecule has 0 fully saturated rings. The molecule has 0 spiro atoms. The van der Waals surface area contributed by atoms with Gasteiger partial charge in [-0.05, 0) is 18.2 Å². The average molecular weight is 208 g/mol. The van der Waals surface area contributed by atoms with Gasteiger partial charge in [0.1, 0.15) is 11.4 Å². The quantitative estimate of drug-likeness (QED) is 0.712. The van der Waals surface area contributed by atoms with E-state index in [4.69, 9.17) is 9.15 Å². The Hall–Kier alpha value is -1.84. The number of ether oxygens (including phenoxy) is 1. The molecule has 4 heteroatoms. The molecule has 0 amide bonds. The standard InChI is InChI=1S/C11H9FO3/c1-6(13)10-11(14-2)8-5-7(12)3-4-9(8)15-10/h3-5H,1-2H3. The second-order valence-corrected chi connectivity index (χ2v) is 3.16. The van der Waals surface area contributed by atoms with Gasteiger partial charge in [-0.15, -0.1) is 0 Å². The maximum atomic E-state index is 13.0. The number of halogens is 1. The fourth-order valence-electron chi connectivity index (χ4n) is 1.48. The summed E-state index contributed by atoms with van der Waals surface area (Å²) in [6.45, 7) is 1.37. The number of methoxy groups -OCH3 is 1. The Morgan fingerprint density at radius 3 is 2.80 bits per heavy atom. The van der Waals surface area contributed by atoms with E-state index in [1.807, 2.05) is 0 Å². The van der Waals surface area contributed by atoms with Crippen molar-refractivity contribution in [2.24, 2.45) is 0 Å². The maximum absolute atomic E-state index is 13.0. The van der Waals surface area contributed by atoms with Gasteiger partial charge in [0.05, 0.1) is 12.5 Å². The van der Waals surface area contributed by atoms with E-state index in [0.29, 0.717) is 11.0 Å². The molecule has 2 rings (SSSR count). The Bertz CT molecular complexity index is 528. The summed E-state index contributed by atoms with van der Waals surface area (Å²) in [6, 6.07) is 4.03. The molecule has 0 bridgehead atoms. The highest BCUT2D eigenvalue weighted by atomic mass is 19.1. The lowest BCUT2D eigenvalue weighted by atomic mass is 10.2. The van der Waals surface area contributed by atoms with Crippen molar-refractivity contribution in [3.8, 4) is 5.75 Å². The molecule has 0 saturated heterocycles. The second-order valence-electron chi connectivity index (χ2n) is 3.16. The molecule has 2 aromatic rings. The predicted molar refractivity (Wildman–Crippen MR) is 52.7 cm³/mol. The van der Waals surface area contributed by atoms with Crippen molar-refractivity contribution in [2.75, 3.05) is 7.11 Å². The topological polar surface area (TPSA) is 39.4 Å². The van der Waals surface area contributed by atoms with Crippen LogP contribution in [0.2, 0.25) is 0 Å². The van der Waals surface area contributed by atoms with Crippen LogP contribution < -0.4 is 4.74 Å². The van der Waals surface area contributed by atoms with Crippen LogP contribution in [0.1, 0.15) is 17.5 Å². The minimum Gasteiger partial charge on any atom is -0.492 e.